The van der Waals surface area contributed by atoms with E-state index >= 15 is 0 Å². The lowest BCUT2D eigenvalue weighted by atomic mass is 10.4. The van der Waals surface area contributed by atoms with Crippen LogP contribution in [0.15, 0.2) is 36.8 Å². The highest BCUT2D eigenvalue weighted by molar-refractivity contribution is 5.88. The summed E-state index contributed by atoms with van der Waals surface area (Å²) in [7, 11) is 0. The van der Waals surface area contributed by atoms with E-state index in [0.717, 1.165) is 32.8 Å². The Kier molecular flexibility index (Phi) is 5.17. The molecule has 0 spiro atoms. The second kappa shape index (κ2) is 7.70. The summed E-state index contributed by atoms with van der Waals surface area (Å²) in [6.07, 6.45) is 5.02. The monoisotopic (exact) mass is 316 g/mol. The lowest BCUT2D eigenvalue weighted by molar-refractivity contribution is 0.0388. The number of nitrogens with one attached hydrogen (secondary N) is 2. The van der Waals surface area contributed by atoms with Crippen molar-refractivity contribution in [2.45, 2.75) is 0 Å². The zero-order valence-electron chi connectivity index (χ0n) is 12.8. The van der Waals surface area contributed by atoms with Crippen LogP contribution < -0.4 is 10.6 Å². The fourth-order valence-corrected chi connectivity index (χ4v) is 2.33. The molecule has 0 aromatic carbocycles. The lowest BCUT2D eigenvalue weighted by Crippen LogP contribution is -2.42. The first-order chi connectivity index (χ1) is 11.3. The molecule has 1 aliphatic rings. The van der Waals surface area contributed by atoms with Crippen molar-refractivity contribution in [1.29, 1.82) is 0 Å². The Balaban J connectivity index is 1.44. The number of morpholine rings is 1. The fourth-order valence-electron chi connectivity index (χ4n) is 2.33. The molecular weight excluding hydrogens is 296 g/mol. The average Bonchev–Trinajstić information content (AvgIpc) is 3.05. The van der Waals surface area contributed by atoms with Crippen LogP contribution in [0.1, 0.15) is 0 Å². The van der Waals surface area contributed by atoms with Gasteiger partial charge in [0.15, 0.2) is 5.82 Å². The Hall–Kier alpha value is -2.45. The van der Waals surface area contributed by atoms with Crippen molar-refractivity contribution in [3.05, 3.63) is 36.8 Å². The number of carbonyl (C=O) groups excluding carboxylic acids is 1. The minimum atomic E-state index is -0.237. The molecule has 0 radical (unpaired) electrons. The van der Waals surface area contributed by atoms with Crippen molar-refractivity contribution in [1.82, 2.24) is 25.0 Å². The van der Waals surface area contributed by atoms with Crippen molar-refractivity contribution in [3.8, 4) is 5.82 Å². The topological polar surface area (TPSA) is 84.3 Å². The van der Waals surface area contributed by atoms with Crippen molar-refractivity contribution >= 4 is 11.7 Å². The molecule has 1 aliphatic heterocycles. The molecule has 23 heavy (non-hydrogen) atoms. The Morgan fingerprint density at radius 1 is 1.30 bits per heavy atom. The van der Waals surface area contributed by atoms with E-state index in [1.807, 2.05) is 18.2 Å². The number of hydrogen-bond donors (Lipinski definition) is 2. The lowest BCUT2D eigenvalue weighted by Gasteiger charge is -2.26. The van der Waals surface area contributed by atoms with Crippen LogP contribution in [0.25, 0.3) is 5.82 Å². The Morgan fingerprint density at radius 3 is 2.96 bits per heavy atom. The second-order valence-electron chi connectivity index (χ2n) is 5.20. The van der Waals surface area contributed by atoms with Gasteiger partial charge in [-0.15, -0.1) is 0 Å². The van der Waals surface area contributed by atoms with Crippen LogP contribution in [0.5, 0.6) is 0 Å². The average molecular weight is 316 g/mol. The van der Waals surface area contributed by atoms with Gasteiger partial charge in [-0.05, 0) is 12.1 Å². The van der Waals surface area contributed by atoms with Gasteiger partial charge in [0.1, 0.15) is 0 Å². The molecule has 2 aromatic rings. The zero-order valence-corrected chi connectivity index (χ0v) is 12.8. The molecule has 0 unspecified atom stereocenters. The summed E-state index contributed by atoms with van der Waals surface area (Å²) in [4.78, 5) is 18.3. The molecular formula is C15H20N6O2. The van der Waals surface area contributed by atoms with E-state index in [-0.39, 0.29) is 6.03 Å². The summed E-state index contributed by atoms with van der Waals surface area (Å²) in [5, 5.41) is 9.79. The maximum atomic E-state index is 11.9. The molecule has 1 fully saturated rings. The molecule has 8 nitrogen and oxygen atoms in total. The van der Waals surface area contributed by atoms with Gasteiger partial charge in [-0.2, -0.15) is 5.10 Å². The van der Waals surface area contributed by atoms with Gasteiger partial charge in [0, 0.05) is 32.4 Å². The second-order valence-corrected chi connectivity index (χ2v) is 5.20. The number of amides is 2. The van der Waals surface area contributed by atoms with E-state index in [0.29, 0.717) is 18.1 Å². The van der Waals surface area contributed by atoms with E-state index in [2.05, 4.69) is 25.6 Å². The van der Waals surface area contributed by atoms with Gasteiger partial charge >= 0.3 is 6.03 Å². The van der Waals surface area contributed by atoms with E-state index in [1.165, 1.54) is 0 Å². The van der Waals surface area contributed by atoms with Crippen LogP contribution in [0.4, 0.5) is 10.5 Å². The molecule has 0 saturated carbocycles. The zero-order chi connectivity index (χ0) is 15.9. The quantitative estimate of drug-likeness (QED) is 0.849. The predicted molar refractivity (Wildman–Crippen MR) is 85.6 cm³/mol. The van der Waals surface area contributed by atoms with Gasteiger partial charge < -0.3 is 15.4 Å². The van der Waals surface area contributed by atoms with Crippen molar-refractivity contribution in [2.75, 3.05) is 44.7 Å². The van der Waals surface area contributed by atoms with Crippen molar-refractivity contribution in [2.24, 2.45) is 0 Å². The minimum Gasteiger partial charge on any atom is -0.379 e. The summed E-state index contributed by atoms with van der Waals surface area (Å²) < 4.78 is 6.90. The van der Waals surface area contributed by atoms with Crippen LogP contribution in [0.3, 0.4) is 0 Å². The minimum absolute atomic E-state index is 0.237. The fraction of sp³-hybridized carbons (Fsp3) is 0.400. The molecule has 0 atom stereocenters. The number of rotatable bonds is 5. The third-order valence-electron chi connectivity index (χ3n) is 3.54. The Labute approximate surface area is 134 Å². The SMILES string of the molecule is O=C(NCCN1CCOCC1)Nc1cnn(-c2ccccn2)c1. The van der Waals surface area contributed by atoms with E-state index < -0.39 is 0 Å². The van der Waals surface area contributed by atoms with Gasteiger partial charge in [-0.25, -0.2) is 14.5 Å². The number of ether oxygens (including phenoxy) is 1. The number of aromatic nitrogens is 3. The highest BCUT2D eigenvalue weighted by Crippen LogP contribution is 2.08. The number of nitrogens with zero attached hydrogens (tertiary/aromatic N) is 4. The maximum Gasteiger partial charge on any atom is 0.319 e. The Morgan fingerprint density at radius 2 is 2.17 bits per heavy atom. The van der Waals surface area contributed by atoms with Crippen LogP contribution in [-0.2, 0) is 4.74 Å². The molecule has 3 rings (SSSR count). The largest absolute Gasteiger partial charge is 0.379 e. The number of pyridine rings is 1. The number of anilines is 1. The van der Waals surface area contributed by atoms with Gasteiger partial charge in [0.25, 0.3) is 0 Å². The third-order valence-corrected chi connectivity index (χ3v) is 3.54. The summed E-state index contributed by atoms with van der Waals surface area (Å²) in [5.74, 6) is 0.702. The van der Waals surface area contributed by atoms with Gasteiger partial charge in [0.05, 0.1) is 31.3 Å². The number of carbonyl (C=O) groups is 1. The molecule has 2 aromatic heterocycles. The van der Waals surface area contributed by atoms with Gasteiger partial charge in [0.2, 0.25) is 0 Å². The van der Waals surface area contributed by atoms with E-state index in [1.54, 1.807) is 23.3 Å². The van der Waals surface area contributed by atoms with E-state index in [4.69, 9.17) is 4.74 Å². The summed E-state index contributed by atoms with van der Waals surface area (Å²) in [6, 6.07) is 5.33. The number of hydrogen-bond acceptors (Lipinski definition) is 5. The molecule has 122 valence electrons. The first-order valence-electron chi connectivity index (χ1n) is 7.62. The molecule has 2 amide bonds. The molecule has 2 N–H and O–H groups in total. The summed E-state index contributed by atoms with van der Waals surface area (Å²) in [5.41, 5.74) is 0.625. The standard InChI is InChI=1S/C15H20N6O2/c22-15(17-5-6-20-7-9-23-10-8-20)19-13-11-18-21(12-13)14-3-1-2-4-16-14/h1-4,11-12H,5-10H2,(H2,17,19,22). The molecule has 3 heterocycles. The smallest absolute Gasteiger partial charge is 0.319 e. The van der Waals surface area contributed by atoms with Gasteiger partial charge in [-0.1, -0.05) is 6.07 Å². The van der Waals surface area contributed by atoms with Crippen LogP contribution >= 0.6 is 0 Å². The maximum absolute atomic E-state index is 11.9. The molecule has 0 bridgehead atoms. The predicted octanol–water partition coefficient (Wildman–Crippen LogP) is 0.721. The van der Waals surface area contributed by atoms with Crippen LogP contribution in [0, 0.1) is 0 Å². The molecule has 1 saturated heterocycles. The van der Waals surface area contributed by atoms with Crippen molar-refractivity contribution in [3.63, 3.8) is 0 Å². The summed E-state index contributed by atoms with van der Waals surface area (Å²) >= 11 is 0. The molecule has 0 aliphatic carbocycles. The van der Waals surface area contributed by atoms with Gasteiger partial charge in [-0.3, -0.25) is 4.90 Å². The normalized spacial score (nSPS) is 15.3. The first kappa shape index (κ1) is 15.4. The number of urea groups is 1. The van der Waals surface area contributed by atoms with E-state index in [9.17, 15) is 4.79 Å². The Bertz CT molecular complexity index is 624. The highest BCUT2D eigenvalue weighted by atomic mass is 16.5. The third kappa shape index (κ3) is 4.51. The summed E-state index contributed by atoms with van der Waals surface area (Å²) in [6.45, 7) is 4.78. The van der Waals surface area contributed by atoms with Crippen LogP contribution in [-0.4, -0.2) is 65.1 Å². The van der Waals surface area contributed by atoms with Crippen LogP contribution in [0.2, 0.25) is 0 Å². The van der Waals surface area contributed by atoms with Crippen molar-refractivity contribution < 1.29 is 9.53 Å². The highest BCUT2D eigenvalue weighted by Gasteiger charge is 2.10. The molecule has 8 heteroatoms. The first-order valence-corrected chi connectivity index (χ1v) is 7.62.